The van der Waals surface area contributed by atoms with Crippen LogP contribution in [0, 0.1) is 5.82 Å². The summed E-state index contributed by atoms with van der Waals surface area (Å²) in [4.78, 5) is 11.8. The van der Waals surface area contributed by atoms with E-state index in [0.717, 1.165) is 0 Å². The second kappa shape index (κ2) is 6.02. The third kappa shape index (κ3) is 5.26. The van der Waals surface area contributed by atoms with Gasteiger partial charge in [0.15, 0.2) is 6.10 Å². The van der Waals surface area contributed by atoms with Crippen molar-refractivity contribution in [3.63, 3.8) is 0 Å². The van der Waals surface area contributed by atoms with Crippen molar-refractivity contribution in [2.24, 2.45) is 5.73 Å². The fourth-order valence-corrected chi connectivity index (χ4v) is 1.54. The van der Waals surface area contributed by atoms with E-state index in [4.69, 9.17) is 10.5 Å². The van der Waals surface area contributed by atoms with E-state index in [-0.39, 0.29) is 18.0 Å². The third-order valence-electron chi connectivity index (χ3n) is 2.35. The fraction of sp³-hybridized carbons (Fsp3) is 0.500. The summed E-state index contributed by atoms with van der Waals surface area (Å²) in [7, 11) is 0. The predicted molar refractivity (Wildman–Crippen MR) is 72.3 cm³/mol. The Kier molecular flexibility index (Phi) is 4.89. The Hall–Kier alpha value is -1.62. The first-order valence-corrected chi connectivity index (χ1v) is 6.19. The maximum Gasteiger partial charge on any atom is 0.261 e. The van der Waals surface area contributed by atoms with Crippen molar-refractivity contribution in [3.8, 4) is 5.75 Å². The van der Waals surface area contributed by atoms with Crippen LogP contribution in [0.1, 0.15) is 33.3 Å². The second-order valence-electron chi connectivity index (χ2n) is 5.50. The molecule has 19 heavy (non-hydrogen) atoms. The van der Waals surface area contributed by atoms with E-state index in [1.165, 1.54) is 12.1 Å². The van der Waals surface area contributed by atoms with Crippen LogP contribution in [0.5, 0.6) is 5.75 Å². The Balaban J connectivity index is 2.74. The van der Waals surface area contributed by atoms with Crippen LogP contribution in [-0.4, -0.2) is 17.6 Å². The number of amides is 1. The van der Waals surface area contributed by atoms with Gasteiger partial charge in [-0.15, -0.1) is 0 Å². The standard InChI is InChI=1S/C14H21FN2O2/c1-9(13(18)17-14(2,3)4)19-12-6-10(8-16)5-11(15)7-12/h5-7,9H,8,16H2,1-4H3,(H,17,18). The number of nitrogens with one attached hydrogen (secondary N) is 1. The molecule has 0 bridgehead atoms. The van der Waals surface area contributed by atoms with Crippen LogP contribution in [-0.2, 0) is 11.3 Å². The molecule has 1 unspecified atom stereocenters. The summed E-state index contributed by atoms with van der Waals surface area (Å²) in [5.74, 6) is -0.371. The lowest BCUT2D eigenvalue weighted by Crippen LogP contribution is -2.46. The summed E-state index contributed by atoms with van der Waals surface area (Å²) in [5, 5.41) is 2.80. The smallest absolute Gasteiger partial charge is 0.261 e. The van der Waals surface area contributed by atoms with E-state index >= 15 is 0 Å². The minimum Gasteiger partial charge on any atom is -0.481 e. The highest BCUT2D eigenvalue weighted by Gasteiger charge is 2.20. The molecule has 3 N–H and O–H groups in total. The number of hydrogen-bond acceptors (Lipinski definition) is 3. The Bertz CT molecular complexity index is 455. The van der Waals surface area contributed by atoms with Gasteiger partial charge in [-0.3, -0.25) is 4.79 Å². The van der Waals surface area contributed by atoms with Crippen molar-refractivity contribution in [2.45, 2.75) is 45.9 Å². The van der Waals surface area contributed by atoms with Crippen molar-refractivity contribution in [3.05, 3.63) is 29.6 Å². The van der Waals surface area contributed by atoms with Crippen molar-refractivity contribution in [2.75, 3.05) is 0 Å². The molecule has 0 fully saturated rings. The third-order valence-corrected chi connectivity index (χ3v) is 2.35. The molecule has 0 saturated heterocycles. The number of rotatable bonds is 4. The van der Waals surface area contributed by atoms with E-state index in [1.807, 2.05) is 20.8 Å². The van der Waals surface area contributed by atoms with Crippen LogP contribution in [0.15, 0.2) is 18.2 Å². The summed E-state index contributed by atoms with van der Waals surface area (Å²) in [6.45, 7) is 7.48. The van der Waals surface area contributed by atoms with Crippen LogP contribution >= 0.6 is 0 Å². The number of carbonyl (C=O) groups excluding carboxylic acids is 1. The molecule has 1 atom stereocenters. The number of nitrogens with two attached hydrogens (primary N) is 1. The van der Waals surface area contributed by atoms with Crippen LogP contribution in [0.2, 0.25) is 0 Å². The average molecular weight is 268 g/mol. The number of ether oxygens (including phenoxy) is 1. The van der Waals surface area contributed by atoms with Crippen LogP contribution in [0.3, 0.4) is 0 Å². The van der Waals surface area contributed by atoms with Crippen molar-refractivity contribution in [1.82, 2.24) is 5.32 Å². The topological polar surface area (TPSA) is 64.3 Å². The molecule has 0 saturated carbocycles. The molecule has 0 aliphatic rings. The zero-order valence-corrected chi connectivity index (χ0v) is 11.8. The lowest BCUT2D eigenvalue weighted by Gasteiger charge is -2.23. The van der Waals surface area contributed by atoms with E-state index < -0.39 is 11.9 Å². The molecule has 0 aliphatic carbocycles. The van der Waals surface area contributed by atoms with Gasteiger partial charge >= 0.3 is 0 Å². The van der Waals surface area contributed by atoms with E-state index in [0.29, 0.717) is 11.3 Å². The Morgan fingerprint density at radius 3 is 2.58 bits per heavy atom. The molecule has 4 nitrogen and oxygen atoms in total. The first-order chi connectivity index (χ1) is 8.71. The fourth-order valence-electron chi connectivity index (χ4n) is 1.54. The minimum atomic E-state index is -0.702. The Morgan fingerprint density at radius 2 is 2.05 bits per heavy atom. The summed E-state index contributed by atoms with van der Waals surface area (Å²) in [5.41, 5.74) is 5.75. The molecular formula is C14H21FN2O2. The zero-order valence-electron chi connectivity index (χ0n) is 11.8. The molecule has 0 spiro atoms. The van der Waals surface area contributed by atoms with Crippen LogP contribution in [0.4, 0.5) is 4.39 Å². The van der Waals surface area contributed by atoms with Crippen LogP contribution in [0.25, 0.3) is 0 Å². The zero-order chi connectivity index (χ0) is 14.6. The van der Waals surface area contributed by atoms with E-state index in [1.54, 1.807) is 13.0 Å². The van der Waals surface area contributed by atoms with Gasteiger partial charge in [-0.25, -0.2) is 4.39 Å². The molecule has 0 radical (unpaired) electrons. The van der Waals surface area contributed by atoms with Gasteiger partial charge in [0.25, 0.3) is 5.91 Å². The predicted octanol–water partition coefficient (Wildman–Crippen LogP) is 1.97. The lowest BCUT2D eigenvalue weighted by molar-refractivity contribution is -0.128. The Morgan fingerprint density at radius 1 is 1.42 bits per heavy atom. The summed E-state index contributed by atoms with van der Waals surface area (Å²) >= 11 is 0. The van der Waals surface area contributed by atoms with Crippen molar-refractivity contribution < 1.29 is 13.9 Å². The number of hydrogen-bond donors (Lipinski definition) is 2. The highest BCUT2D eigenvalue weighted by Crippen LogP contribution is 2.17. The van der Waals surface area contributed by atoms with Gasteiger partial charge in [-0.1, -0.05) is 0 Å². The highest BCUT2D eigenvalue weighted by molar-refractivity contribution is 5.81. The highest BCUT2D eigenvalue weighted by atomic mass is 19.1. The molecule has 0 aromatic heterocycles. The van der Waals surface area contributed by atoms with Crippen molar-refractivity contribution in [1.29, 1.82) is 0 Å². The van der Waals surface area contributed by atoms with Gasteiger partial charge in [0.1, 0.15) is 11.6 Å². The maximum absolute atomic E-state index is 13.3. The van der Waals surface area contributed by atoms with Gasteiger partial charge in [0.2, 0.25) is 0 Å². The van der Waals surface area contributed by atoms with Crippen molar-refractivity contribution >= 4 is 5.91 Å². The number of carbonyl (C=O) groups is 1. The van der Waals surface area contributed by atoms with Gasteiger partial charge < -0.3 is 15.8 Å². The second-order valence-corrected chi connectivity index (χ2v) is 5.50. The number of benzene rings is 1. The normalized spacial score (nSPS) is 12.9. The molecule has 1 amide bonds. The largest absolute Gasteiger partial charge is 0.481 e. The lowest BCUT2D eigenvalue weighted by atomic mass is 10.1. The first-order valence-electron chi connectivity index (χ1n) is 6.19. The molecule has 106 valence electrons. The molecule has 1 aromatic carbocycles. The monoisotopic (exact) mass is 268 g/mol. The Labute approximate surface area is 113 Å². The van der Waals surface area contributed by atoms with Gasteiger partial charge in [0.05, 0.1) is 0 Å². The van der Waals surface area contributed by atoms with Gasteiger partial charge in [-0.05, 0) is 45.4 Å². The quantitative estimate of drug-likeness (QED) is 0.877. The average Bonchev–Trinajstić information content (AvgIpc) is 2.25. The van der Waals surface area contributed by atoms with E-state index in [9.17, 15) is 9.18 Å². The summed E-state index contributed by atoms with van der Waals surface area (Å²) in [6, 6.07) is 4.21. The maximum atomic E-state index is 13.3. The van der Waals surface area contributed by atoms with E-state index in [2.05, 4.69) is 5.32 Å². The minimum absolute atomic E-state index is 0.219. The van der Waals surface area contributed by atoms with Crippen LogP contribution < -0.4 is 15.8 Å². The molecule has 1 rings (SSSR count). The molecule has 0 aliphatic heterocycles. The van der Waals surface area contributed by atoms with Gasteiger partial charge in [0, 0.05) is 18.2 Å². The molecule has 0 heterocycles. The molecular weight excluding hydrogens is 247 g/mol. The SMILES string of the molecule is CC(Oc1cc(F)cc(CN)c1)C(=O)NC(C)(C)C. The van der Waals surface area contributed by atoms with Gasteiger partial charge in [-0.2, -0.15) is 0 Å². The molecule has 1 aromatic rings. The first kappa shape index (κ1) is 15.4. The summed E-state index contributed by atoms with van der Waals surface area (Å²) in [6.07, 6.45) is -0.702. The summed E-state index contributed by atoms with van der Waals surface area (Å²) < 4.78 is 18.7. The number of halogens is 1. The molecule has 5 heteroatoms.